The van der Waals surface area contributed by atoms with Crippen molar-refractivity contribution >= 4 is 17.6 Å². The van der Waals surface area contributed by atoms with Gasteiger partial charge in [-0.3, -0.25) is 4.68 Å². The van der Waals surface area contributed by atoms with E-state index in [0.717, 1.165) is 17.5 Å². The fourth-order valence-corrected chi connectivity index (χ4v) is 1.83. The van der Waals surface area contributed by atoms with E-state index in [9.17, 15) is 0 Å². The van der Waals surface area contributed by atoms with Crippen LogP contribution in [0.25, 0.3) is 0 Å². The molecule has 0 aromatic carbocycles. The van der Waals surface area contributed by atoms with Crippen LogP contribution in [0.15, 0.2) is 29.8 Å². The Labute approximate surface area is 85.7 Å². The van der Waals surface area contributed by atoms with Crippen LogP contribution in [-0.2, 0) is 6.54 Å². The predicted octanol–water partition coefficient (Wildman–Crippen LogP) is 0.981. The van der Waals surface area contributed by atoms with Crippen molar-refractivity contribution in [3.05, 3.63) is 24.7 Å². The molecule has 0 atom stereocenters. The van der Waals surface area contributed by atoms with E-state index in [2.05, 4.69) is 15.1 Å². The van der Waals surface area contributed by atoms with Crippen LogP contribution in [0.5, 0.6) is 0 Å². The maximum atomic E-state index is 5.49. The van der Waals surface area contributed by atoms with Gasteiger partial charge < -0.3 is 10.7 Å². The second-order valence-electron chi connectivity index (χ2n) is 2.75. The number of aromatic amines is 1. The summed E-state index contributed by atoms with van der Waals surface area (Å²) in [6, 6.07) is 1.79. The topological polar surface area (TPSA) is 72.5 Å². The van der Waals surface area contributed by atoms with Crippen LogP contribution in [0.4, 0.5) is 5.82 Å². The van der Waals surface area contributed by atoms with Crippen molar-refractivity contribution in [2.24, 2.45) is 0 Å². The first-order valence-electron chi connectivity index (χ1n) is 4.26. The van der Waals surface area contributed by atoms with E-state index in [1.807, 2.05) is 17.1 Å². The summed E-state index contributed by atoms with van der Waals surface area (Å²) in [5, 5.41) is 5.02. The van der Waals surface area contributed by atoms with E-state index in [4.69, 9.17) is 5.73 Å². The molecule has 6 heteroatoms. The number of thioether (sulfide) groups is 1. The molecule has 2 heterocycles. The second-order valence-corrected chi connectivity index (χ2v) is 3.83. The van der Waals surface area contributed by atoms with Gasteiger partial charge in [-0.2, -0.15) is 5.10 Å². The van der Waals surface area contributed by atoms with Crippen molar-refractivity contribution in [1.29, 1.82) is 0 Å². The van der Waals surface area contributed by atoms with Crippen molar-refractivity contribution in [3.8, 4) is 0 Å². The fraction of sp³-hybridized carbons (Fsp3) is 0.250. The third-order valence-corrected chi connectivity index (χ3v) is 2.58. The summed E-state index contributed by atoms with van der Waals surface area (Å²) in [5.41, 5.74) is 5.49. The van der Waals surface area contributed by atoms with Crippen molar-refractivity contribution in [1.82, 2.24) is 19.7 Å². The minimum atomic E-state index is 0.563. The van der Waals surface area contributed by atoms with Gasteiger partial charge in [-0.1, -0.05) is 11.8 Å². The van der Waals surface area contributed by atoms with E-state index in [1.165, 1.54) is 0 Å². The zero-order valence-electron chi connectivity index (χ0n) is 7.55. The molecule has 2 aromatic rings. The van der Waals surface area contributed by atoms with Gasteiger partial charge in [0.2, 0.25) is 0 Å². The average Bonchev–Trinajstić information content (AvgIpc) is 2.77. The Morgan fingerprint density at radius 2 is 2.50 bits per heavy atom. The Kier molecular flexibility index (Phi) is 2.73. The molecule has 14 heavy (non-hydrogen) atoms. The van der Waals surface area contributed by atoms with E-state index >= 15 is 0 Å². The maximum Gasteiger partial charge on any atom is 0.165 e. The molecule has 2 aromatic heterocycles. The number of nitrogens with one attached hydrogen (secondary N) is 1. The first kappa shape index (κ1) is 9.14. The molecule has 0 unspecified atom stereocenters. The van der Waals surface area contributed by atoms with Gasteiger partial charge in [0, 0.05) is 24.3 Å². The third-order valence-electron chi connectivity index (χ3n) is 1.69. The first-order chi connectivity index (χ1) is 6.84. The number of rotatable bonds is 4. The van der Waals surface area contributed by atoms with Crippen LogP contribution in [0.3, 0.4) is 0 Å². The molecule has 74 valence electrons. The number of aromatic nitrogens is 4. The van der Waals surface area contributed by atoms with E-state index in [0.29, 0.717) is 5.82 Å². The van der Waals surface area contributed by atoms with Gasteiger partial charge in [-0.05, 0) is 6.07 Å². The van der Waals surface area contributed by atoms with Gasteiger partial charge in [0.15, 0.2) is 5.16 Å². The SMILES string of the molecule is Nc1ccn(CCSc2ncc[nH]2)n1. The Balaban J connectivity index is 1.78. The van der Waals surface area contributed by atoms with Crippen LogP contribution < -0.4 is 5.73 Å². The van der Waals surface area contributed by atoms with Crippen LogP contribution >= 0.6 is 11.8 Å². The van der Waals surface area contributed by atoms with Crippen LogP contribution in [0, 0.1) is 0 Å². The highest BCUT2D eigenvalue weighted by Gasteiger charge is 1.97. The highest BCUT2D eigenvalue weighted by Crippen LogP contribution is 2.11. The highest BCUT2D eigenvalue weighted by molar-refractivity contribution is 7.99. The number of aryl methyl sites for hydroxylation is 1. The van der Waals surface area contributed by atoms with Gasteiger partial charge in [-0.15, -0.1) is 0 Å². The number of nitrogen functional groups attached to an aromatic ring is 1. The first-order valence-corrected chi connectivity index (χ1v) is 5.24. The van der Waals surface area contributed by atoms with E-state index in [-0.39, 0.29) is 0 Å². The molecule has 0 aliphatic rings. The number of nitrogens with two attached hydrogens (primary N) is 1. The molecule has 5 nitrogen and oxygen atoms in total. The van der Waals surface area contributed by atoms with Crippen molar-refractivity contribution in [3.63, 3.8) is 0 Å². The molecule has 3 N–H and O–H groups in total. The number of nitrogens with zero attached hydrogens (tertiary/aromatic N) is 3. The molecule has 0 radical (unpaired) electrons. The van der Waals surface area contributed by atoms with Gasteiger partial charge in [0.1, 0.15) is 5.82 Å². The largest absolute Gasteiger partial charge is 0.382 e. The fourth-order valence-electron chi connectivity index (χ4n) is 1.07. The summed E-state index contributed by atoms with van der Waals surface area (Å²) in [6.45, 7) is 0.836. The molecule has 0 amide bonds. The summed E-state index contributed by atoms with van der Waals surface area (Å²) in [4.78, 5) is 7.13. The van der Waals surface area contributed by atoms with Crippen molar-refractivity contribution in [2.75, 3.05) is 11.5 Å². The number of H-pyrrole nitrogens is 1. The van der Waals surface area contributed by atoms with Gasteiger partial charge in [0.05, 0.1) is 6.54 Å². The predicted molar refractivity (Wildman–Crippen MR) is 56.0 cm³/mol. The quantitative estimate of drug-likeness (QED) is 0.736. The molecule has 0 aliphatic heterocycles. The summed E-state index contributed by atoms with van der Waals surface area (Å²) < 4.78 is 1.82. The summed E-state index contributed by atoms with van der Waals surface area (Å²) >= 11 is 1.66. The molecular weight excluding hydrogens is 198 g/mol. The Morgan fingerprint density at radius 1 is 1.57 bits per heavy atom. The molecule has 0 spiro atoms. The number of hydrogen-bond donors (Lipinski definition) is 2. The van der Waals surface area contributed by atoms with Gasteiger partial charge in [-0.25, -0.2) is 4.98 Å². The molecule has 0 aliphatic carbocycles. The zero-order chi connectivity index (χ0) is 9.80. The lowest BCUT2D eigenvalue weighted by Crippen LogP contribution is -2.01. The second kappa shape index (κ2) is 4.19. The zero-order valence-corrected chi connectivity index (χ0v) is 8.37. The highest BCUT2D eigenvalue weighted by atomic mass is 32.2. The third kappa shape index (κ3) is 2.29. The monoisotopic (exact) mass is 209 g/mol. The van der Waals surface area contributed by atoms with Crippen molar-refractivity contribution < 1.29 is 0 Å². The van der Waals surface area contributed by atoms with Gasteiger partial charge >= 0.3 is 0 Å². The Bertz CT molecular complexity index is 380. The Hall–Kier alpha value is -1.43. The molecule has 0 saturated carbocycles. The van der Waals surface area contributed by atoms with Crippen LogP contribution in [0.1, 0.15) is 0 Å². The lowest BCUT2D eigenvalue weighted by molar-refractivity contribution is 0.669. The lowest BCUT2D eigenvalue weighted by Gasteiger charge is -1.98. The molecule has 2 rings (SSSR count). The number of anilines is 1. The molecule has 0 bridgehead atoms. The van der Waals surface area contributed by atoms with Crippen LogP contribution in [-0.4, -0.2) is 25.5 Å². The minimum absolute atomic E-state index is 0.563. The lowest BCUT2D eigenvalue weighted by atomic mass is 10.7. The van der Waals surface area contributed by atoms with Gasteiger partial charge in [0.25, 0.3) is 0 Å². The number of imidazole rings is 1. The normalized spacial score (nSPS) is 10.6. The van der Waals surface area contributed by atoms with E-state index < -0.39 is 0 Å². The number of hydrogen-bond acceptors (Lipinski definition) is 4. The average molecular weight is 209 g/mol. The maximum absolute atomic E-state index is 5.49. The Morgan fingerprint density at radius 3 is 3.14 bits per heavy atom. The van der Waals surface area contributed by atoms with Crippen molar-refractivity contribution in [2.45, 2.75) is 11.7 Å². The van der Waals surface area contributed by atoms with E-state index in [1.54, 1.807) is 24.0 Å². The summed E-state index contributed by atoms with van der Waals surface area (Å²) in [5.74, 6) is 1.49. The smallest absolute Gasteiger partial charge is 0.165 e. The standard InChI is InChI=1S/C8H11N5S/c9-7-1-4-13(12-7)5-6-14-8-10-2-3-11-8/h1-4H,5-6H2,(H2,9,12)(H,10,11). The minimum Gasteiger partial charge on any atom is -0.382 e. The van der Waals surface area contributed by atoms with Crippen LogP contribution in [0.2, 0.25) is 0 Å². The molecule has 0 saturated heterocycles. The summed E-state index contributed by atoms with van der Waals surface area (Å²) in [6.07, 6.45) is 5.43. The molecule has 0 fully saturated rings. The molecular formula is C8H11N5S. The summed E-state index contributed by atoms with van der Waals surface area (Å²) in [7, 11) is 0.